The molecule has 136 valence electrons. The van der Waals surface area contributed by atoms with Crippen molar-refractivity contribution >= 4 is 18.7 Å². The Balaban J connectivity index is 2.57. The standard InChI is InChI=1S/C22H32O2Si/c1-21(2,3)25(19-12-8-6-9-13-19,20-14-10-7-11-15-20)24-18-22(4,5)16-17-23/h6-15,23H,16-18H2,1-5H3. The van der Waals surface area contributed by atoms with Crippen LogP contribution < -0.4 is 10.4 Å². The zero-order valence-electron chi connectivity index (χ0n) is 16.3. The van der Waals surface area contributed by atoms with E-state index in [-0.39, 0.29) is 17.1 Å². The van der Waals surface area contributed by atoms with Crippen LogP contribution in [0, 0.1) is 5.41 Å². The maximum atomic E-state index is 9.38. The quantitative estimate of drug-likeness (QED) is 0.761. The van der Waals surface area contributed by atoms with Crippen LogP contribution in [0.4, 0.5) is 0 Å². The van der Waals surface area contributed by atoms with E-state index in [0.29, 0.717) is 6.61 Å². The van der Waals surface area contributed by atoms with Crippen LogP contribution in [0.15, 0.2) is 60.7 Å². The third-order valence-corrected chi connectivity index (χ3v) is 9.87. The predicted octanol–water partition coefficient (Wildman–Crippen LogP) is 3.97. The maximum absolute atomic E-state index is 9.38. The lowest BCUT2D eigenvalue weighted by Gasteiger charge is -2.44. The Labute approximate surface area is 154 Å². The molecule has 0 aromatic heterocycles. The van der Waals surface area contributed by atoms with Gasteiger partial charge in [0.2, 0.25) is 0 Å². The van der Waals surface area contributed by atoms with E-state index < -0.39 is 8.32 Å². The van der Waals surface area contributed by atoms with Gasteiger partial charge in [-0.1, -0.05) is 95.3 Å². The normalized spacial score (nSPS) is 13.0. The van der Waals surface area contributed by atoms with E-state index in [1.807, 2.05) is 0 Å². The van der Waals surface area contributed by atoms with E-state index in [1.54, 1.807) is 0 Å². The molecule has 0 fully saturated rings. The van der Waals surface area contributed by atoms with E-state index >= 15 is 0 Å². The summed E-state index contributed by atoms with van der Waals surface area (Å²) in [6.07, 6.45) is 0.741. The Morgan fingerprint density at radius 2 is 1.24 bits per heavy atom. The molecule has 0 aliphatic carbocycles. The average molecular weight is 357 g/mol. The molecular weight excluding hydrogens is 324 g/mol. The van der Waals surface area contributed by atoms with Gasteiger partial charge >= 0.3 is 0 Å². The van der Waals surface area contributed by atoms with Crippen LogP contribution in [0.1, 0.15) is 41.0 Å². The molecule has 2 aromatic carbocycles. The zero-order valence-corrected chi connectivity index (χ0v) is 17.3. The largest absolute Gasteiger partial charge is 0.407 e. The third kappa shape index (κ3) is 4.41. The van der Waals surface area contributed by atoms with Crippen LogP contribution in [0.5, 0.6) is 0 Å². The molecule has 0 unspecified atom stereocenters. The monoisotopic (exact) mass is 356 g/mol. The van der Waals surface area contributed by atoms with Gasteiger partial charge < -0.3 is 9.53 Å². The SMILES string of the molecule is CC(C)(CCO)CO[Si](c1ccccc1)(c1ccccc1)C(C)(C)C. The Bertz CT molecular complexity index is 605. The van der Waals surface area contributed by atoms with Gasteiger partial charge in [0.1, 0.15) is 0 Å². The predicted molar refractivity (Wildman–Crippen MR) is 109 cm³/mol. The van der Waals surface area contributed by atoms with Gasteiger partial charge in [-0.25, -0.2) is 0 Å². The molecule has 1 N–H and O–H groups in total. The number of benzene rings is 2. The van der Waals surface area contributed by atoms with Crippen molar-refractivity contribution in [2.45, 2.75) is 46.1 Å². The molecule has 0 aliphatic heterocycles. The summed E-state index contributed by atoms with van der Waals surface area (Å²) < 4.78 is 6.91. The smallest absolute Gasteiger partial charge is 0.261 e. The highest BCUT2D eigenvalue weighted by Crippen LogP contribution is 2.38. The van der Waals surface area contributed by atoms with Crippen LogP contribution in [0.25, 0.3) is 0 Å². The first-order valence-electron chi connectivity index (χ1n) is 9.09. The molecule has 25 heavy (non-hydrogen) atoms. The first-order valence-corrected chi connectivity index (χ1v) is 11.0. The van der Waals surface area contributed by atoms with Crippen molar-refractivity contribution in [3.8, 4) is 0 Å². The second kappa shape index (κ2) is 7.86. The van der Waals surface area contributed by atoms with Gasteiger partial charge in [-0.15, -0.1) is 0 Å². The van der Waals surface area contributed by atoms with Gasteiger partial charge in [0.15, 0.2) is 0 Å². The molecule has 0 amide bonds. The van der Waals surface area contributed by atoms with E-state index in [2.05, 4.69) is 95.3 Å². The molecule has 2 rings (SSSR count). The fourth-order valence-electron chi connectivity index (χ4n) is 3.44. The van der Waals surface area contributed by atoms with Crippen molar-refractivity contribution in [2.24, 2.45) is 5.41 Å². The number of rotatable bonds is 7. The Hall–Kier alpha value is -1.42. The fraction of sp³-hybridized carbons (Fsp3) is 0.455. The minimum Gasteiger partial charge on any atom is -0.407 e. The summed E-state index contributed by atoms with van der Waals surface area (Å²) in [5.41, 5.74) is -0.0538. The van der Waals surface area contributed by atoms with Crippen molar-refractivity contribution in [1.29, 1.82) is 0 Å². The summed E-state index contributed by atoms with van der Waals surface area (Å²) in [5.74, 6) is 0. The lowest BCUT2D eigenvalue weighted by Crippen LogP contribution is -2.67. The van der Waals surface area contributed by atoms with Crippen molar-refractivity contribution in [1.82, 2.24) is 0 Å². The second-order valence-electron chi connectivity index (χ2n) is 8.59. The van der Waals surface area contributed by atoms with E-state index in [1.165, 1.54) is 10.4 Å². The van der Waals surface area contributed by atoms with Crippen molar-refractivity contribution in [2.75, 3.05) is 13.2 Å². The van der Waals surface area contributed by atoms with Gasteiger partial charge in [-0.3, -0.25) is 0 Å². The highest BCUT2D eigenvalue weighted by Gasteiger charge is 2.50. The summed E-state index contributed by atoms with van der Waals surface area (Å²) in [6.45, 7) is 12.0. The minimum atomic E-state index is -2.47. The molecule has 0 saturated carbocycles. The van der Waals surface area contributed by atoms with Gasteiger partial charge in [0.25, 0.3) is 8.32 Å². The van der Waals surface area contributed by atoms with E-state index in [0.717, 1.165) is 6.42 Å². The molecule has 3 heteroatoms. The van der Waals surface area contributed by atoms with E-state index in [9.17, 15) is 5.11 Å². The van der Waals surface area contributed by atoms with E-state index in [4.69, 9.17) is 4.43 Å². The van der Waals surface area contributed by atoms with Gasteiger partial charge in [-0.2, -0.15) is 0 Å². The second-order valence-corrected chi connectivity index (χ2v) is 12.9. The summed E-state index contributed by atoms with van der Waals surface area (Å²) in [4.78, 5) is 0. The topological polar surface area (TPSA) is 29.5 Å². The van der Waals surface area contributed by atoms with Gasteiger partial charge in [0, 0.05) is 13.2 Å². The van der Waals surface area contributed by atoms with Crippen LogP contribution >= 0.6 is 0 Å². The molecular formula is C22H32O2Si. The molecule has 0 aliphatic rings. The lowest BCUT2D eigenvalue weighted by molar-refractivity contribution is 0.130. The summed E-state index contributed by atoms with van der Waals surface area (Å²) in [6, 6.07) is 21.4. The van der Waals surface area contributed by atoms with Crippen LogP contribution in [0.2, 0.25) is 5.04 Å². The highest BCUT2D eigenvalue weighted by atomic mass is 28.4. The molecule has 0 saturated heterocycles. The summed E-state index contributed by atoms with van der Waals surface area (Å²) >= 11 is 0. The first kappa shape index (κ1) is 19.9. The Morgan fingerprint density at radius 1 is 0.800 bits per heavy atom. The number of aliphatic hydroxyl groups is 1. The van der Waals surface area contributed by atoms with Gasteiger partial charge in [-0.05, 0) is 27.2 Å². The highest BCUT2D eigenvalue weighted by molar-refractivity contribution is 6.99. The molecule has 0 heterocycles. The fourth-order valence-corrected chi connectivity index (χ4v) is 8.20. The molecule has 0 atom stereocenters. The van der Waals surface area contributed by atoms with Crippen LogP contribution in [0.3, 0.4) is 0 Å². The van der Waals surface area contributed by atoms with Crippen molar-refractivity contribution < 1.29 is 9.53 Å². The third-order valence-electron chi connectivity index (χ3n) is 4.88. The molecule has 0 radical (unpaired) electrons. The zero-order chi connectivity index (χ0) is 18.6. The molecule has 0 bridgehead atoms. The van der Waals surface area contributed by atoms with Crippen molar-refractivity contribution in [3.63, 3.8) is 0 Å². The Kier molecular flexibility index (Phi) is 6.25. The van der Waals surface area contributed by atoms with Gasteiger partial charge in [0.05, 0.1) is 0 Å². The maximum Gasteiger partial charge on any atom is 0.261 e. The number of hydrogen-bond donors (Lipinski definition) is 1. The number of hydrogen-bond acceptors (Lipinski definition) is 2. The number of aliphatic hydroxyl groups excluding tert-OH is 1. The Morgan fingerprint density at radius 3 is 1.60 bits per heavy atom. The molecule has 2 aromatic rings. The minimum absolute atomic E-state index is 0.00893. The van der Waals surface area contributed by atoms with Crippen molar-refractivity contribution in [3.05, 3.63) is 60.7 Å². The average Bonchev–Trinajstić information content (AvgIpc) is 2.56. The molecule has 2 nitrogen and oxygen atoms in total. The van der Waals surface area contributed by atoms with Crippen LogP contribution in [-0.2, 0) is 4.43 Å². The first-order chi connectivity index (χ1) is 11.7. The lowest BCUT2D eigenvalue weighted by atomic mass is 9.91. The summed E-state index contributed by atoms with van der Waals surface area (Å²) in [7, 11) is -2.47. The summed E-state index contributed by atoms with van der Waals surface area (Å²) in [5, 5.41) is 12.0. The molecule has 0 spiro atoms. The van der Waals surface area contributed by atoms with Crippen LogP contribution in [-0.4, -0.2) is 26.6 Å².